The molecule has 1 aromatic carbocycles. The summed E-state index contributed by atoms with van der Waals surface area (Å²) >= 11 is 5.59. The number of oxazole rings is 1. The van der Waals surface area contributed by atoms with Gasteiger partial charge >= 0.3 is 0 Å². The maximum absolute atomic E-state index is 13.4. The molecule has 2 rings (SSSR count). The Labute approximate surface area is 91.7 Å². The van der Waals surface area contributed by atoms with E-state index in [1.807, 2.05) is 0 Å². The minimum Gasteiger partial charge on any atom is -0.439 e. The molecule has 0 saturated heterocycles. The standard InChI is InChI=1S/C11H9ClFNO/c1-7-11(15-10(6-12)14-7)8-4-2-3-5-9(8)13/h2-5H,6H2,1H3. The Morgan fingerprint density at radius 2 is 2.13 bits per heavy atom. The molecular formula is C11H9ClFNO. The van der Waals surface area contributed by atoms with Gasteiger partial charge in [-0.2, -0.15) is 0 Å². The van der Waals surface area contributed by atoms with Crippen LogP contribution in [0, 0.1) is 12.7 Å². The first-order chi connectivity index (χ1) is 7.22. The number of hydrogen-bond donors (Lipinski definition) is 0. The highest BCUT2D eigenvalue weighted by atomic mass is 35.5. The SMILES string of the molecule is Cc1nc(CCl)oc1-c1ccccc1F. The third kappa shape index (κ3) is 1.88. The van der Waals surface area contributed by atoms with Crippen LogP contribution in [0.4, 0.5) is 4.39 Å². The highest BCUT2D eigenvalue weighted by molar-refractivity contribution is 6.16. The molecule has 0 aliphatic rings. The van der Waals surface area contributed by atoms with Gasteiger partial charge in [0.1, 0.15) is 5.82 Å². The van der Waals surface area contributed by atoms with Gasteiger partial charge in [0.25, 0.3) is 0 Å². The Morgan fingerprint density at radius 3 is 2.73 bits per heavy atom. The van der Waals surface area contributed by atoms with E-state index in [0.717, 1.165) is 0 Å². The van der Waals surface area contributed by atoms with Gasteiger partial charge in [-0.25, -0.2) is 9.37 Å². The highest BCUT2D eigenvalue weighted by Gasteiger charge is 2.13. The van der Waals surface area contributed by atoms with E-state index in [1.54, 1.807) is 25.1 Å². The van der Waals surface area contributed by atoms with Crippen molar-refractivity contribution in [3.63, 3.8) is 0 Å². The Hall–Kier alpha value is -1.35. The number of aryl methyl sites for hydroxylation is 1. The fourth-order valence-electron chi connectivity index (χ4n) is 1.40. The molecule has 1 heterocycles. The smallest absolute Gasteiger partial charge is 0.210 e. The number of alkyl halides is 1. The maximum Gasteiger partial charge on any atom is 0.210 e. The first kappa shape index (κ1) is 10.2. The summed E-state index contributed by atoms with van der Waals surface area (Å²) in [5.74, 6) is 0.726. The van der Waals surface area contributed by atoms with Crippen molar-refractivity contribution in [2.75, 3.05) is 0 Å². The highest BCUT2D eigenvalue weighted by Crippen LogP contribution is 2.27. The van der Waals surface area contributed by atoms with Crippen molar-refractivity contribution in [2.24, 2.45) is 0 Å². The van der Waals surface area contributed by atoms with Crippen LogP contribution in [0.3, 0.4) is 0 Å². The molecule has 0 amide bonds. The van der Waals surface area contributed by atoms with E-state index in [4.69, 9.17) is 16.0 Å². The minimum atomic E-state index is -0.321. The zero-order valence-corrected chi connectivity index (χ0v) is 8.88. The molecule has 0 spiro atoms. The fourth-order valence-corrected chi connectivity index (χ4v) is 1.52. The molecule has 0 saturated carbocycles. The van der Waals surface area contributed by atoms with Crippen LogP contribution in [-0.4, -0.2) is 4.98 Å². The van der Waals surface area contributed by atoms with Crippen molar-refractivity contribution in [2.45, 2.75) is 12.8 Å². The molecule has 0 bridgehead atoms. The molecule has 78 valence electrons. The average Bonchev–Trinajstić information content (AvgIpc) is 2.60. The molecule has 0 aliphatic heterocycles. The van der Waals surface area contributed by atoms with E-state index >= 15 is 0 Å². The Bertz CT molecular complexity index is 481. The van der Waals surface area contributed by atoms with Gasteiger partial charge in [0.05, 0.1) is 17.1 Å². The Morgan fingerprint density at radius 1 is 1.40 bits per heavy atom. The quantitative estimate of drug-likeness (QED) is 0.731. The molecule has 2 nitrogen and oxygen atoms in total. The summed E-state index contributed by atoms with van der Waals surface area (Å²) in [7, 11) is 0. The number of benzene rings is 1. The van der Waals surface area contributed by atoms with Crippen LogP contribution in [0.2, 0.25) is 0 Å². The normalized spacial score (nSPS) is 10.6. The molecule has 2 aromatic rings. The molecule has 15 heavy (non-hydrogen) atoms. The Kier molecular flexibility index (Phi) is 2.73. The van der Waals surface area contributed by atoms with E-state index in [9.17, 15) is 4.39 Å². The van der Waals surface area contributed by atoms with E-state index in [2.05, 4.69) is 4.98 Å². The average molecular weight is 226 g/mol. The van der Waals surface area contributed by atoms with Gasteiger partial charge < -0.3 is 4.42 Å². The lowest BCUT2D eigenvalue weighted by Crippen LogP contribution is -1.83. The third-order valence-electron chi connectivity index (χ3n) is 2.07. The second-order valence-electron chi connectivity index (χ2n) is 3.14. The summed E-state index contributed by atoms with van der Waals surface area (Å²) in [6.07, 6.45) is 0. The fraction of sp³-hybridized carbons (Fsp3) is 0.182. The summed E-state index contributed by atoms with van der Waals surface area (Å²) in [6.45, 7) is 1.77. The van der Waals surface area contributed by atoms with Crippen LogP contribution < -0.4 is 0 Å². The third-order valence-corrected chi connectivity index (χ3v) is 2.30. The van der Waals surface area contributed by atoms with Crippen LogP contribution >= 0.6 is 11.6 Å². The van der Waals surface area contributed by atoms with E-state index in [1.165, 1.54) is 6.07 Å². The summed E-state index contributed by atoms with van der Waals surface area (Å²) in [6, 6.07) is 6.42. The van der Waals surface area contributed by atoms with Gasteiger partial charge in [-0.05, 0) is 19.1 Å². The number of halogens is 2. The lowest BCUT2D eigenvalue weighted by atomic mass is 10.1. The van der Waals surface area contributed by atoms with E-state index in [0.29, 0.717) is 22.9 Å². The summed E-state index contributed by atoms with van der Waals surface area (Å²) in [5, 5.41) is 0. The van der Waals surface area contributed by atoms with Crippen LogP contribution in [0.25, 0.3) is 11.3 Å². The number of rotatable bonds is 2. The molecule has 1 aromatic heterocycles. The number of hydrogen-bond acceptors (Lipinski definition) is 2. The summed E-state index contributed by atoms with van der Waals surface area (Å²) in [5.41, 5.74) is 1.06. The van der Waals surface area contributed by atoms with Gasteiger partial charge in [-0.15, -0.1) is 11.6 Å². The molecule has 0 N–H and O–H groups in total. The predicted octanol–water partition coefficient (Wildman–Crippen LogP) is 3.53. The lowest BCUT2D eigenvalue weighted by Gasteiger charge is -1.98. The monoisotopic (exact) mass is 225 g/mol. The van der Waals surface area contributed by atoms with Crippen molar-refractivity contribution in [3.8, 4) is 11.3 Å². The van der Waals surface area contributed by atoms with Crippen molar-refractivity contribution in [1.29, 1.82) is 0 Å². The van der Waals surface area contributed by atoms with Gasteiger partial charge in [0.2, 0.25) is 5.89 Å². The topological polar surface area (TPSA) is 26.0 Å². The Balaban J connectivity index is 2.54. The largest absolute Gasteiger partial charge is 0.439 e. The van der Waals surface area contributed by atoms with E-state index in [-0.39, 0.29) is 11.7 Å². The molecular weight excluding hydrogens is 217 g/mol. The van der Waals surface area contributed by atoms with Crippen LogP contribution in [0.15, 0.2) is 28.7 Å². The zero-order valence-electron chi connectivity index (χ0n) is 8.13. The molecule has 0 radical (unpaired) electrons. The molecule has 4 heteroatoms. The number of nitrogens with zero attached hydrogens (tertiary/aromatic N) is 1. The van der Waals surface area contributed by atoms with Gasteiger partial charge in [-0.3, -0.25) is 0 Å². The van der Waals surface area contributed by atoms with Gasteiger partial charge in [-0.1, -0.05) is 12.1 Å². The minimum absolute atomic E-state index is 0.190. The molecule has 0 fully saturated rings. The predicted molar refractivity (Wildman–Crippen MR) is 56.2 cm³/mol. The van der Waals surface area contributed by atoms with Crippen molar-refractivity contribution >= 4 is 11.6 Å². The van der Waals surface area contributed by atoms with Crippen molar-refractivity contribution in [3.05, 3.63) is 41.7 Å². The number of aromatic nitrogens is 1. The second-order valence-corrected chi connectivity index (χ2v) is 3.40. The van der Waals surface area contributed by atoms with Crippen LogP contribution in [0.5, 0.6) is 0 Å². The van der Waals surface area contributed by atoms with E-state index < -0.39 is 0 Å². The lowest BCUT2D eigenvalue weighted by molar-refractivity contribution is 0.523. The first-order valence-electron chi connectivity index (χ1n) is 4.49. The van der Waals surface area contributed by atoms with Crippen LogP contribution in [-0.2, 0) is 5.88 Å². The van der Waals surface area contributed by atoms with Crippen molar-refractivity contribution in [1.82, 2.24) is 4.98 Å². The first-order valence-corrected chi connectivity index (χ1v) is 5.03. The molecule has 0 unspecified atom stereocenters. The summed E-state index contributed by atoms with van der Waals surface area (Å²) in [4.78, 5) is 4.08. The van der Waals surface area contributed by atoms with Gasteiger partial charge in [0.15, 0.2) is 5.76 Å². The van der Waals surface area contributed by atoms with Crippen molar-refractivity contribution < 1.29 is 8.81 Å². The summed E-state index contributed by atoms with van der Waals surface area (Å²) < 4.78 is 18.8. The molecule has 0 atom stereocenters. The van der Waals surface area contributed by atoms with Gasteiger partial charge in [0, 0.05) is 0 Å². The second kappa shape index (κ2) is 4.03. The van der Waals surface area contributed by atoms with Crippen LogP contribution in [0.1, 0.15) is 11.6 Å². The molecule has 0 aliphatic carbocycles. The zero-order chi connectivity index (χ0) is 10.8. The maximum atomic E-state index is 13.4.